The Labute approximate surface area is 308 Å². The van der Waals surface area contributed by atoms with Gasteiger partial charge in [0, 0.05) is 19.4 Å². The molecule has 6 fully saturated rings. The maximum atomic E-state index is 12.6. The summed E-state index contributed by atoms with van der Waals surface area (Å²) in [6.45, 7) is 10.7. The second kappa shape index (κ2) is 15.6. The van der Waals surface area contributed by atoms with E-state index in [1.165, 1.54) is 7.11 Å². The zero-order valence-corrected chi connectivity index (χ0v) is 31.7. The van der Waals surface area contributed by atoms with E-state index in [1.807, 2.05) is 6.92 Å². The van der Waals surface area contributed by atoms with E-state index >= 15 is 0 Å². The van der Waals surface area contributed by atoms with Gasteiger partial charge in [-0.2, -0.15) is 0 Å². The van der Waals surface area contributed by atoms with Crippen LogP contribution in [0.2, 0.25) is 0 Å². The van der Waals surface area contributed by atoms with Gasteiger partial charge in [0.25, 0.3) is 0 Å². The number of rotatable bonds is 10. The molecule has 21 atom stereocenters. The van der Waals surface area contributed by atoms with E-state index in [0.717, 1.165) is 19.3 Å². The van der Waals surface area contributed by atoms with Crippen LogP contribution in [0.1, 0.15) is 79.6 Å². The van der Waals surface area contributed by atoms with Gasteiger partial charge in [-0.15, -0.1) is 0 Å². The highest BCUT2D eigenvalue weighted by atomic mass is 16.8. The molecule has 6 rings (SSSR count). The predicted molar refractivity (Wildman–Crippen MR) is 187 cm³/mol. The Morgan fingerprint density at radius 3 is 2.08 bits per heavy atom. The normalized spacial score (nSPS) is 52.8. The molecule has 13 heteroatoms. The predicted octanol–water partition coefficient (Wildman–Crippen LogP) is 1.10. The van der Waals surface area contributed by atoms with Crippen LogP contribution < -0.4 is 0 Å². The summed E-state index contributed by atoms with van der Waals surface area (Å²) >= 11 is 0. The van der Waals surface area contributed by atoms with E-state index < -0.39 is 73.1 Å². The Hall–Kier alpha value is -0.780. The minimum absolute atomic E-state index is 0.0198. The minimum Gasteiger partial charge on any atom is -0.393 e. The molecule has 0 radical (unpaired) electrons. The van der Waals surface area contributed by atoms with Gasteiger partial charge in [0.1, 0.15) is 36.6 Å². The zero-order valence-electron chi connectivity index (χ0n) is 31.7. The molecule has 4 aliphatic carbocycles. The van der Waals surface area contributed by atoms with Crippen molar-refractivity contribution in [3.8, 4) is 0 Å². The molecular weight excluding hydrogens is 676 g/mol. The maximum absolute atomic E-state index is 12.6. The van der Waals surface area contributed by atoms with Crippen LogP contribution in [0.5, 0.6) is 0 Å². The summed E-state index contributed by atoms with van der Waals surface area (Å²) in [5.41, 5.74) is -1.75. The summed E-state index contributed by atoms with van der Waals surface area (Å²) in [7, 11) is 1.35. The standard InChI is InChI=1S/C39H66O13/c1-19(21(3)16-49-35-33(31(46)28(44)17-50-35)52-36-32(48-6)30(45)27(43)18-51-36)7-8-20(2)23-14-25(41)34-38(23,5)12-10-29-37(4)11-9-22(40)13-24(37)26(42)15-39(29,34)47/h7-8,19-36,40-47H,9-18H2,1-6H3/b8-7+/t19-,20-,21-,22+,23-,24-,25-,26+,27-,28-,29-,30+,31+,32-,33-,34-,35-,36+,37+,38-,39+/m1/s1. The molecule has 2 saturated heterocycles. The smallest absolute Gasteiger partial charge is 0.187 e. The third kappa shape index (κ3) is 7.18. The first-order valence-corrected chi connectivity index (χ1v) is 19.7. The molecule has 8 N–H and O–H groups in total. The lowest BCUT2D eigenvalue weighted by Gasteiger charge is -2.66. The first-order chi connectivity index (χ1) is 24.5. The van der Waals surface area contributed by atoms with Crippen LogP contribution in [0, 0.1) is 52.3 Å². The van der Waals surface area contributed by atoms with Crippen LogP contribution in [-0.4, -0.2) is 141 Å². The van der Waals surface area contributed by atoms with Crippen LogP contribution >= 0.6 is 0 Å². The fourth-order valence-electron chi connectivity index (χ4n) is 11.8. The van der Waals surface area contributed by atoms with E-state index in [-0.39, 0.29) is 78.5 Å². The van der Waals surface area contributed by atoms with Gasteiger partial charge in [-0.3, -0.25) is 0 Å². The van der Waals surface area contributed by atoms with Crippen molar-refractivity contribution in [3.05, 3.63) is 12.2 Å². The average Bonchev–Trinajstić information content (AvgIpc) is 3.38. The number of hydrogen-bond donors (Lipinski definition) is 8. The molecule has 4 saturated carbocycles. The summed E-state index contributed by atoms with van der Waals surface area (Å²) in [5, 5.41) is 87.6. The summed E-state index contributed by atoms with van der Waals surface area (Å²) in [6, 6.07) is 0. The molecule has 300 valence electrons. The molecule has 2 aliphatic heterocycles. The second-order valence-corrected chi connectivity index (χ2v) is 18.0. The number of methoxy groups -OCH3 is 1. The van der Waals surface area contributed by atoms with Gasteiger partial charge in [0.15, 0.2) is 12.6 Å². The van der Waals surface area contributed by atoms with Crippen LogP contribution in [0.4, 0.5) is 0 Å². The van der Waals surface area contributed by atoms with Crippen LogP contribution in [0.15, 0.2) is 12.2 Å². The molecule has 52 heavy (non-hydrogen) atoms. The Bertz CT molecular complexity index is 1240. The molecular formula is C39H66O13. The number of allylic oxidation sites excluding steroid dienone is 2. The van der Waals surface area contributed by atoms with Gasteiger partial charge in [-0.1, -0.05) is 46.8 Å². The lowest BCUT2D eigenvalue weighted by atomic mass is 9.42. The van der Waals surface area contributed by atoms with Crippen LogP contribution in [0.25, 0.3) is 0 Å². The summed E-state index contributed by atoms with van der Waals surface area (Å²) < 4.78 is 28.7. The average molecular weight is 743 g/mol. The zero-order chi connectivity index (χ0) is 37.9. The molecule has 0 aromatic carbocycles. The highest BCUT2D eigenvalue weighted by Crippen LogP contribution is 2.69. The minimum atomic E-state index is -1.35. The third-order valence-electron chi connectivity index (χ3n) is 14.9. The van der Waals surface area contributed by atoms with Crippen molar-refractivity contribution < 1.29 is 64.5 Å². The van der Waals surface area contributed by atoms with Gasteiger partial charge in [-0.05, 0) is 84.9 Å². The molecule has 0 bridgehead atoms. The van der Waals surface area contributed by atoms with E-state index in [9.17, 15) is 40.9 Å². The maximum Gasteiger partial charge on any atom is 0.187 e. The topological polar surface area (TPSA) is 208 Å². The van der Waals surface area contributed by atoms with Crippen molar-refractivity contribution in [2.24, 2.45) is 52.3 Å². The highest BCUT2D eigenvalue weighted by Gasteiger charge is 2.70. The molecule has 0 amide bonds. The largest absolute Gasteiger partial charge is 0.393 e. The second-order valence-electron chi connectivity index (χ2n) is 18.0. The Morgan fingerprint density at radius 1 is 0.769 bits per heavy atom. The van der Waals surface area contributed by atoms with E-state index in [2.05, 4.69) is 39.8 Å². The fraction of sp³-hybridized carbons (Fsp3) is 0.949. The van der Waals surface area contributed by atoms with Gasteiger partial charge in [0.2, 0.25) is 0 Å². The Kier molecular flexibility index (Phi) is 12.3. The first-order valence-electron chi connectivity index (χ1n) is 19.7. The van der Waals surface area contributed by atoms with E-state index in [1.54, 1.807) is 0 Å². The van der Waals surface area contributed by atoms with Gasteiger partial charge in [-0.25, -0.2) is 0 Å². The Morgan fingerprint density at radius 2 is 1.40 bits per heavy atom. The summed E-state index contributed by atoms with van der Waals surface area (Å²) in [4.78, 5) is 0. The molecule has 0 aromatic rings. The number of ether oxygens (including phenoxy) is 5. The number of aliphatic hydroxyl groups is 8. The quantitative estimate of drug-likeness (QED) is 0.148. The van der Waals surface area contributed by atoms with Crippen molar-refractivity contribution >= 4 is 0 Å². The number of fused-ring (bicyclic) bond motifs is 5. The van der Waals surface area contributed by atoms with E-state index in [0.29, 0.717) is 19.3 Å². The summed E-state index contributed by atoms with van der Waals surface area (Å²) in [6.07, 6.45) is -2.19. The van der Waals surface area contributed by atoms with Crippen LogP contribution in [0.3, 0.4) is 0 Å². The monoisotopic (exact) mass is 742 g/mol. The first kappa shape index (κ1) is 40.9. The third-order valence-corrected chi connectivity index (χ3v) is 14.9. The molecule has 13 nitrogen and oxygen atoms in total. The summed E-state index contributed by atoms with van der Waals surface area (Å²) in [5.74, 6) is -0.0523. The molecule has 2 heterocycles. The van der Waals surface area contributed by atoms with Gasteiger partial charge >= 0.3 is 0 Å². The lowest BCUT2D eigenvalue weighted by molar-refractivity contribution is -0.346. The molecule has 0 spiro atoms. The highest BCUT2D eigenvalue weighted by molar-refractivity contribution is 5.20. The van der Waals surface area contributed by atoms with Crippen molar-refractivity contribution in [2.45, 2.75) is 153 Å². The van der Waals surface area contributed by atoms with Crippen molar-refractivity contribution in [1.82, 2.24) is 0 Å². The number of aliphatic hydroxyl groups excluding tert-OH is 7. The van der Waals surface area contributed by atoms with E-state index in [4.69, 9.17) is 23.7 Å². The van der Waals surface area contributed by atoms with Crippen molar-refractivity contribution in [3.63, 3.8) is 0 Å². The molecule has 0 unspecified atom stereocenters. The molecule has 6 aliphatic rings. The fourth-order valence-corrected chi connectivity index (χ4v) is 11.8. The number of hydrogen-bond acceptors (Lipinski definition) is 13. The van der Waals surface area contributed by atoms with Gasteiger partial charge < -0.3 is 64.5 Å². The van der Waals surface area contributed by atoms with Crippen LogP contribution in [-0.2, 0) is 23.7 Å². The Balaban J connectivity index is 1.08. The van der Waals surface area contributed by atoms with Gasteiger partial charge in [0.05, 0.1) is 43.7 Å². The molecule has 0 aromatic heterocycles. The lowest BCUT2D eigenvalue weighted by Crippen LogP contribution is -2.68. The van der Waals surface area contributed by atoms with Crippen molar-refractivity contribution in [2.75, 3.05) is 26.9 Å². The SMILES string of the molecule is CO[C@H]1[C@H](O[C@H]2[C@H](OC[C@@H](C)[C@H](C)/C=C/[C@@H](C)[C@H]3C[C@@H](O)[C@@H]4[C@]3(C)CC[C@@H]3[C@@]5(C)CC[C@H](O)C[C@@H]5[C@@H](O)C[C@]34O)OC[C@@H](O)[C@@H]2O)OC[C@@H](O)[C@@H]1O. The van der Waals surface area contributed by atoms with Crippen molar-refractivity contribution in [1.29, 1.82) is 0 Å².